The van der Waals surface area contributed by atoms with Crippen molar-refractivity contribution in [2.45, 2.75) is 12.0 Å². The van der Waals surface area contributed by atoms with E-state index in [1.807, 2.05) is 18.3 Å². The number of hydrogen-bond acceptors (Lipinski definition) is 2. The Bertz CT molecular complexity index is 498. The maximum atomic E-state index is 11.8. The molecule has 0 saturated carbocycles. The molecule has 0 saturated heterocycles. The highest BCUT2D eigenvalue weighted by Gasteiger charge is 2.41. The molecule has 82 valence electrons. The number of nitrogens with one attached hydrogen (secondary N) is 2. The molecule has 0 aliphatic carbocycles. The number of amides is 1. The van der Waals surface area contributed by atoms with Crippen LogP contribution in [0.3, 0.4) is 0 Å². The molecule has 2 N–H and O–H groups in total. The van der Waals surface area contributed by atoms with Gasteiger partial charge in [0.2, 0.25) is 0 Å². The first-order valence-corrected chi connectivity index (χ1v) is 5.63. The van der Waals surface area contributed by atoms with Gasteiger partial charge < -0.3 is 10.6 Å². The van der Waals surface area contributed by atoms with E-state index in [9.17, 15) is 4.79 Å². The summed E-state index contributed by atoms with van der Waals surface area (Å²) < 4.78 is 0. The van der Waals surface area contributed by atoms with E-state index in [0.29, 0.717) is 5.02 Å². The second kappa shape index (κ2) is 3.25. The second-order valence-electron chi connectivity index (χ2n) is 4.15. The second-order valence-corrected chi connectivity index (χ2v) is 4.59. The molecule has 1 aromatic carbocycles. The zero-order chi connectivity index (χ0) is 11.2. The third-order valence-electron chi connectivity index (χ3n) is 3.19. The Hall–Kier alpha value is -1.48. The zero-order valence-electron chi connectivity index (χ0n) is 8.59. The molecule has 0 fully saturated rings. The highest BCUT2D eigenvalue weighted by Crippen LogP contribution is 2.37. The van der Waals surface area contributed by atoms with E-state index in [-0.39, 0.29) is 11.4 Å². The lowest BCUT2D eigenvalue weighted by Crippen LogP contribution is -2.42. The van der Waals surface area contributed by atoms with Gasteiger partial charge >= 0.3 is 0 Å². The summed E-state index contributed by atoms with van der Waals surface area (Å²) in [6.07, 6.45) is 4.74. The fraction of sp³-hybridized carbons (Fsp3) is 0.250. The van der Waals surface area contributed by atoms with Crippen LogP contribution in [0.2, 0.25) is 5.02 Å². The number of fused-ring (bicyclic) bond motifs is 2. The Morgan fingerprint density at radius 3 is 3.00 bits per heavy atom. The Morgan fingerprint density at radius 2 is 2.25 bits per heavy atom. The average molecular weight is 235 g/mol. The van der Waals surface area contributed by atoms with Crippen LogP contribution in [0.15, 0.2) is 30.5 Å². The van der Waals surface area contributed by atoms with Gasteiger partial charge in [-0.05, 0) is 42.5 Å². The summed E-state index contributed by atoms with van der Waals surface area (Å²) in [5.41, 5.74) is 1.36. The van der Waals surface area contributed by atoms with Crippen LogP contribution in [0.5, 0.6) is 0 Å². The Kier molecular flexibility index (Phi) is 1.98. The molecule has 2 aliphatic heterocycles. The van der Waals surface area contributed by atoms with Crippen molar-refractivity contribution in [1.29, 1.82) is 0 Å². The molecule has 1 amide bonds. The van der Waals surface area contributed by atoms with Crippen molar-refractivity contribution in [2.24, 2.45) is 0 Å². The quantitative estimate of drug-likeness (QED) is 0.719. The Balaban J connectivity index is 2.20. The van der Waals surface area contributed by atoms with Gasteiger partial charge in [0.25, 0.3) is 5.91 Å². The van der Waals surface area contributed by atoms with E-state index in [0.717, 1.165) is 24.1 Å². The lowest BCUT2D eigenvalue weighted by atomic mass is 9.86. The summed E-state index contributed by atoms with van der Waals surface area (Å²) in [4.78, 5) is 11.8. The maximum Gasteiger partial charge on any atom is 0.252 e. The normalized spacial score (nSPS) is 26.4. The molecule has 2 heterocycles. The van der Waals surface area contributed by atoms with Gasteiger partial charge in [0.05, 0.1) is 5.54 Å². The van der Waals surface area contributed by atoms with Crippen molar-refractivity contribution in [2.75, 3.05) is 6.54 Å². The molecule has 4 heteroatoms. The molecule has 16 heavy (non-hydrogen) atoms. The predicted molar refractivity (Wildman–Crippen MR) is 62.4 cm³/mol. The first-order chi connectivity index (χ1) is 7.71. The molecule has 3 rings (SSSR count). The summed E-state index contributed by atoms with van der Waals surface area (Å²) in [7, 11) is 0. The van der Waals surface area contributed by atoms with Crippen LogP contribution in [0.4, 0.5) is 0 Å². The van der Waals surface area contributed by atoms with Crippen LogP contribution in [-0.2, 0) is 5.54 Å². The van der Waals surface area contributed by atoms with Crippen LogP contribution in [0, 0.1) is 0 Å². The lowest BCUT2D eigenvalue weighted by Gasteiger charge is -2.30. The van der Waals surface area contributed by atoms with Crippen molar-refractivity contribution >= 4 is 17.5 Å². The molecule has 1 atom stereocenters. The van der Waals surface area contributed by atoms with Gasteiger partial charge in [0.15, 0.2) is 0 Å². The molecule has 0 aromatic heterocycles. The van der Waals surface area contributed by atoms with Crippen LogP contribution >= 0.6 is 11.6 Å². The van der Waals surface area contributed by atoms with Crippen LogP contribution in [0.25, 0.3) is 0 Å². The predicted octanol–water partition coefficient (Wildman–Crippen LogP) is 1.79. The lowest BCUT2D eigenvalue weighted by molar-refractivity contribution is 0.0939. The van der Waals surface area contributed by atoms with Gasteiger partial charge in [-0.25, -0.2) is 0 Å². The number of rotatable bonds is 0. The SMILES string of the molecule is O=C1NC2(C=CNCC2)c2cc(Cl)ccc21. The van der Waals surface area contributed by atoms with Gasteiger partial charge in [0, 0.05) is 17.1 Å². The third-order valence-corrected chi connectivity index (χ3v) is 3.43. The van der Waals surface area contributed by atoms with E-state index in [1.165, 1.54) is 0 Å². The molecule has 1 aromatic rings. The molecule has 0 bridgehead atoms. The molecule has 1 spiro atoms. The van der Waals surface area contributed by atoms with Crippen molar-refractivity contribution < 1.29 is 4.79 Å². The smallest absolute Gasteiger partial charge is 0.252 e. The molecular formula is C12H11ClN2O. The molecule has 2 aliphatic rings. The van der Waals surface area contributed by atoms with Crippen molar-refractivity contribution in [3.05, 3.63) is 46.6 Å². The minimum atomic E-state index is -0.359. The van der Waals surface area contributed by atoms with Gasteiger partial charge in [-0.1, -0.05) is 11.6 Å². The molecule has 1 unspecified atom stereocenters. The highest BCUT2D eigenvalue weighted by molar-refractivity contribution is 6.30. The monoisotopic (exact) mass is 234 g/mol. The van der Waals surface area contributed by atoms with Crippen molar-refractivity contribution in [1.82, 2.24) is 10.6 Å². The number of halogens is 1. The standard InChI is InChI=1S/C12H11ClN2O/c13-8-1-2-9-10(7-8)12(15-11(9)16)3-5-14-6-4-12/h1-3,5,7,14H,4,6H2,(H,15,16). The fourth-order valence-electron chi connectivity index (χ4n) is 2.39. The van der Waals surface area contributed by atoms with Gasteiger partial charge in [-0.15, -0.1) is 0 Å². The van der Waals surface area contributed by atoms with Gasteiger partial charge in [-0.2, -0.15) is 0 Å². The summed E-state index contributed by atoms with van der Waals surface area (Å²) in [6, 6.07) is 5.42. The number of benzene rings is 1. The van der Waals surface area contributed by atoms with Gasteiger partial charge in [-0.3, -0.25) is 4.79 Å². The minimum absolute atomic E-state index is 0.0155. The van der Waals surface area contributed by atoms with Crippen molar-refractivity contribution in [3.63, 3.8) is 0 Å². The third kappa shape index (κ3) is 1.25. The summed E-state index contributed by atoms with van der Waals surface area (Å²) in [5, 5.41) is 6.84. The first kappa shape index (κ1) is 9.73. The summed E-state index contributed by atoms with van der Waals surface area (Å²) >= 11 is 5.99. The zero-order valence-corrected chi connectivity index (χ0v) is 9.34. The minimum Gasteiger partial charge on any atom is -0.391 e. The molecular weight excluding hydrogens is 224 g/mol. The van der Waals surface area contributed by atoms with Crippen LogP contribution < -0.4 is 10.6 Å². The number of carbonyl (C=O) groups excluding carboxylic acids is 1. The maximum absolute atomic E-state index is 11.8. The van der Waals surface area contributed by atoms with Crippen LogP contribution in [-0.4, -0.2) is 12.5 Å². The fourth-order valence-corrected chi connectivity index (χ4v) is 2.56. The Labute approximate surface area is 98.5 Å². The summed E-state index contributed by atoms with van der Waals surface area (Å²) in [6.45, 7) is 0.850. The average Bonchev–Trinajstić information content (AvgIpc) is 2.53. The topological polar surface area (TPSA) is 41.1 Å². The number of hydrogen-bond donors (Lipinski definition) is 2. The van der Waals surface area contributed by atoms with E-state index < -0.39 is 0 Å². The molecule has 0 radical (unpaired) electrons. The first-order valence-electron chi connectivity index (χ1n) is 5.25. The van der Waals surface area contributed by atoms with Gasteiger partial charge in [0.1, 0.15) is 0 Å². The summed E-state index contributed by atoms with van der Waals surface area (Å²) in [5.74, 6) is -0.0155. The van der Waals surface area contributed by atoms with Crippen molar-refractivity contribution in [3.8, 4) is 0 Å². The largest absolute Gasteiger partial charge is 0.391 e. The van der Waals surface area contributed by atoms with Crippen LogP contribution in [0.1, 0.15) is 22.3 Å². The highest BCUT2D eigenvalue weighted by atomic mass is 35.5. The van der Waals surface area contributed by atoms with E-state index in [4.69, 9.17) is 11.6 Å². The van der Waals surface area contributed by atoms with E-state index in [2.05, 4.69) is 10.6 Å². The van der Waals surface area contributed by atoms with E-state index in [1.54, 1.807) is 12.1 Å². The van der Waals surface area contributed by atoms with E-state index >= 15 is 0 Å². The Morgan fingerprint density at radius 1 is 1.38 bits per heavy atom. The molecule has 3 nitrogen and oxygen atoms in total. The number of carbonyl (C=O) groups is 1.